The number of rotatable bonds is 1. The first-order valence-electron chi connectivity index (χ1n) is 3.65. The SMILES string of the molecule is NNc1nc(=S)cc2ccocc1-2. The number of nitrogens with zero attached hydrogens (tertiary/aromatic N) is 1. The van der Waals surface area contributed by atoms with Crippen LogP contribution in [-0.4, -0.2) is 4.98 Å². The average Bonchev–Trinajstić information content (AvgIpc) is 2.16. The molecule has 0 saturated carbocycles. The molecule has 2 rings (SSSR count). The highest BCUT2D eigenvalue weighted by molar-refractivity contribution is 7.71. The van der Waals surface area contributed by atoms with Gasteiger partial charge in [-0.15, -0.1) is 0 Å². The maximum atomic E-state index is 5.28. The van der Waals surface area contributed by atoms with Crippen molar-refractivity contribution in [2.75, 3.05) is 5.43 Å². The zero-order chi connectivity index (χ0) is 9.26. The number of anilines is 1. The van der Waals surface area contributed by atoms with E-state index in [0.29, 0.717) is 10.5 Å². The predicted octanol–water partition coefficient (Wildman–Crippen LogP) is 1.79. The van der Waals surface area contributed by atoms with Gasteiger partial charge < -0.3 is 9.84 Å². The molecule has 0 radical (unpaired) electrons. The van der Waals surface area contributed by atoms with E-state index in [9.17, 15) is 0 Å². The Kier molecular flexibility index (Phi) is 1.96. The highest BCUT2D eigenvalue weighted by Gasteiger charge is 2.07. The Balaban J connectivity index is 2.80. The minimum absolute atomic E-state index is 0.506. The van der Waals surface area contributed by atoms with E-state index in [-0.39, 0.29) is 0 Å². The van der Waals surface area contributed by atoms with Gasteiger partial charge in [-0.2, -0.15) is 0 Å². The molecular weight excluding hydrogens is 186 g/mol. The summed E-state index contributed by atoms with van der Waals surface area (Å²) in [6.45, 7) is 0. The van der Waals surface area contributed by atoms with Crippen LogP contribution in [0.1, 0.15) is 0 Å². The van der Waals surface area contributed by atoms with Gasteiger partial charge in [0.25, 0.3) is 0 Å². The van der Waals surface area contributed by atoms with Crippen LogP contribution >= 0.6 is 12.2 Å². The lowest BCUT2D eigenvalue weighted by Gasteiger charge is -2.07. The highest BCUT2D eigenvalue weighted by atomic mass is 32.1. The lowest BCUT2D eigenvalue weighted by Crippen LogP contribution is -2.10. The Bertz CT molecular complexity index is 454. The predicted molar refractivity (Wildman–Crippen MR) is 51.8 cm³/mol. The second kappa shape index (κ2) is 3.12. The molecule has 0 unspecified atom stereocenters. The van der Waals surface area contributed by atoms with Crippen LogP contribution in [0, 0.1) is 4.64 Å². The van der Waals surface area contributed by atoms with Gasteiger partial charge in [0.1, 0.15) is 10.9 Å². The summed E-state index contributed by atoms with van der Waals surface area (Å²) in [6, 6.07) is 3.61. The number of hydrazine groups is 1. The van der Waals surface area contributed by atoms with Crippen LogP contribution in [0.2, 0.25) is 0 Å². The van der Waals surface area contributed by atoms with E-state index in [1.165, 1.54) is 0 Å². The minimum Gasteiger partial charge on any atom is -0.472 e. The van der Waals surface area contributed by atoms with Gasteiger partial charge >= 0.3 is 0 Å². The summed E-state index contributed by atoms with van der Waals surface area (Å²) in [4.78, 5) is 4.04. The molecule has 66 valence electrons. The lowest BCUT2D eigenvalue weighted by atomic mass is 10.1. The summed E-state index contributed by atoms with van der Waals surface area (Å²) in [5.74, 6) is 5.82. The average molecular weight is 193 g/mol. The molecule has 2 aliphatic rings. The third-order valence-electron chi connectivity index (χ3n) is 1.72. The molecule has 5 heteroatoms. The van der Waals surface area contributed by atoms with Crippen LogP contribution in [0.15, 0.2) is 29.1 Å². The van der Waals surface area contributed by atoms with Crippen LogP contribution in [0.5, 0.6) is 0 Å². The maximum absolute atomic E-state index is 5.28. The maximum Gasteiger partial charge on any atom is 0.152 e. The third-order valence-corrected chi connectivity index (χ3v) is 1.93. The fourth-order valence-electron chi connectivity index (χ4n) is 1.14. The van der Waals surface area contributed by atoms with E-state index in [4.69, 9.17) is 22.5 Å². The molecule has 0 amide bonds. The number of nitrogen functional groups attached to an aromatic ring is 1. The van der Waals surface area contributed by atoms with Crippen molar-refractivity contribution in [3.63, 3.8) is 0 Å². The monoisotopic (exact) mass is 193 g/mol. The van der Waals surface area contributed by atoms with Gasteiger partial charge in [0.05, 0.1) is 11.8 Å². The normalized spacial score (nSPS) is 10.2. The van der Waals surface area contributed by atoms with Crippen molar-refractivity contribution in [2.24, 2.45) is 5.84 Å². The van der Waals surface area contributed by atoms with Gasteiger partial charge in [0.2, 0.25) is 0 Å². The van der Waals surface area contributed by atoms with E-state index >= 15 is 0 Å². The number of hydrogen-bond donors (Lipinski definition) is 2. The summed E-state index contributed by atoms with van der Waals surface area (Å²) < 4.78 is 5.51. The third kappa shape index (κ3) is 1.39. The molecule has 0 saturated heterocycles. The standard InChI is InChI=1S/C8H7N3OS/c9-11-8-6-4-12-2-1-5(6)3-7(13)10-8/h1-4H,9H2,(H,10,11,13). The molecule has 0 aromatic carbocycles. The molecule has 2 aliphatic heterocycles. The largest absolute Gasteiger partial charge is 0.472 e. The first kappa shape index (κ1) is 8.15. The number of fused-ring (bicyclic) bond motifs is 1. The van der Waals surface area contributed by atoms with E-state index in [0.717, 1.165) is 11.1 Å². The van der Waals surface area contributed by atoms with Crippen molar-refractivity contribution in [2.45, 2.75) is 0 Å². The van der Waals surface area contributed by atoms with Crippen molar-refractivity contribution >= 4 is 18.0 Å². The second-order valence-corrected chi connectivity index (χ2v) is 2.93. The van der Waals surface area contributed by atoms with Crippen LogP contribution < -0.4 is 11.3 Å². The lowest BCUT2D eigenvalue weighted by molar-refractivity contribution is 0.551. The summed E-state index contributed by atoms with van der Waals surface area (Å²) in [5, 5.41) is 0. The van der Waals surface area contributed by atoms with E-state index in [2.05, 4.69) is 10.4 Å². The minimum atomic E-state index is 0.506. The van der Waals surface area contributed by atoms with Crippen molar-refractivity contribution in [3.05, 3.63) is 29.3 Å². The first-order valence-corrected chi connectivity index (χ1v) is 4.06. The molecule has 0 fully saturated rings. The van der Waals surface area contributed by atoms with Crippen molar-refractivity contribution < 1.29 is 4.42 Å². The zero-order valence-corrected chi connectivity index (χ0v) is 7.47. The molecular formula is C8H7N3OS. The Hall–Kier alpha value is -1.46. The number of nitrogens with two attached hydrogens (primary N) is 1. The van der Waals surface area contributed by atoms with E-state index in [1.54, 1.807) is 18.6 Å². The van der Waals surface area contributed by atoms with E-state index < -0.39 is 0 Å². The van der Waals surface area contributed by atoms with Gasteiger partial charge in [-0.05, 0) is 17.7 Å². The van der Waals surface area contributed by atoms with Gasteiger partial charge in [-0.25, -0.2) is 10.8 Å². The number of aromatic nitrogens is 1. The summed E-state index contributed by atoms with van der Waals surface area (Å²) in [5.41, 5.74) is 4.25. The molecule has 2 heterocycles. The molecule has 4 nitrogen and oxygen atoms in total. The van der Waals surface area contributed by atoms with Gasteiger partial charge in [0.15, 0.2) is 5.82 Å². The Morgan fingerprint density at radius 1 is 1.54 bits per heavy atom. The second-order valence-electron chi connectivity index (χ2n) is 2.51. The van der Waals surface area contributed by atoms with Gasteiger partial charge in [0, 0.05) is 0 Å². The molecule has 0 atom stereocenters. The highest BCUT2D eigenvalue weighted by Crippen LogP contribution is 2.26. The molecule has 0 aromatic heterocycles. The quantitative estimate of drug-likeness (QED) is 0.410. The fourth-order valence-corrected chi connectivity index (χ4v) is 1.36. The summed E-state index contributed by atoms with van der Waals surface area (Å²) >= 11 is 4.96. The Morgan fingerprint density at radius 3 is 3.15 bits per heavy atom. The van der Waals surface area contributed by atoms with Gasteiger partial charge in [-0.3, -0.25) is 0 Å². The number of hydrogen-bond acceptors (Lipinski definition) is 5. The molecule has 0 aliphatic carbocycles. The number of nitrogens with one attached hydrogen (secondary N) is 1. The number of pyridine rings is 1. The van der Waals surface area contributed by atoms with Crippen LogP contribution in [0.4, 0.5) is 5.82 Å². The smallest absolute Gasteiger partial charge is 0.152 e. The van der Waals surface area contributed by atoms with Crippen LogP contribution in [0.25, 0.3) is 11.1 Å². The summed E-state index contributed by atoms with van der Waals surface area (Å²) in [6.07, 6.45) is 3.16. The molecule has 0 bridgehead atoms. The van der Waals surface area contributed by atoms with Crippen LogP contribution in [-0.2, 0) is 0 Å². The topological polar surface area (TPSA) is 64.1 Å². The molecule has 13 heavy (non-hydrogen) atoms. The summed E-state index contributed by atoms with van der Waals surface area (Å²) in [7, 11) is 0. The first-order chi connectivity index (χ1) is 6.31. The molecule has 0 spiro atoms. The van der Waals surface area contributed by atoms with Crippen LogP contribution in [0.3, 0.4) is 0 Å². The zero-order valence-electron chi connectivity index (χ0n) is 6.65. The van der Waals surface area contributed by atoms with Gasteiger partial charge in [-0.1, -0.05) is 12.2 Å². The Morgan fingerprint density at radius 2 is 2.38 bits per heavy atom. The molecule has 0 aromatic rings. The van der Waals surface area contributed by atoms with Crippen molar-refractivity contribution in [3.8, 4) is 11.1 Å². The van der Waals surface area contributed by atoms with Crippen molar-refractivity contribution in [1.82, 2.24) is 4.98 Å². The fraction of sp³-hybridized carbons (Fsp3) is 0. The van der Waals surface area contributed by atoms with E-state index in [1.807, 2.05) is 6.07 Å². The Labute approximate surface area is 79.7 Å². The molecule has 3 N–H and O–H groups in total. The van der Waals surface area contributed by atoms with Crippen molar-refractivity contribution in [1.29, 1.82) is 0 Å².